The summed E-state index contributed by atoms with van der Waals surface area (Å²) < 4.78 is 6.23. The molecule has 29 heavy (non-hydrogen) atoms. The highest BCUT2D eigenvalue weighted by Gasteiger charge is 2.12. The summed E-state index contributed by atoms with van der Waals surface area (Å²) in [7, 11) is 0. The Kier molecular flexibility index (Phi) is 6.38. The van der Waals surface area contributed by atoms with Crippen LogP contribution in [0.5, 0.6) is 0 Å². The predicted octanol–water partition coefficient (Wildman–Crippen LogP) is 5.43. The standard InChI is InChI=1S/C20H18N4O2S3/c1-13-4-6-14(7-5-13)21-18(25)8-9-19-23-17(24-26-19)12-29-20-22-15(11-28-20)16-3-2-10-27-16/h2-7,10-11H,8-9,12H2,1H3,(H,21,25). The lowest BCUT2D eigenvalue weighted by atomic mass is 10.2. The molecule has 3 heterocycles. The topological polar surface area (TPSA) is 80.9 Å². The molecule has 1 amide bonds. The van der Waals surface area contributed by atoms with Gasteiger partial charge in [-0.05, 0) is 30.5 Å². The first kappa shape index (κ1) is 19.8. The maximum absolute atomic E-state index is 12.1. The number of thiophene rings is 1. The Balaban J connectivity index is 1.24. The van der Waals surface area contributed by atoms with Crippen molar-refractivity contribution in [1.29, 1.82) is 0 Å². The Bertz CT molecular complexity index is 1070. The molecule has 0 aliphatic carbocycles. The molecule has 0 atom stereocenters. The van der Waals surface area contributed by atoms with Gasteiger partial charge in [-0.25, -0.2) is 4.98 Å². The van der Waals surface area contributed by atoms with Gasteiger partial charge in [-0.2, -0.15) is 4.98 Å². The van der Waals surface area contributed by atoms with Crippen molar-refractivity contribution in [3.8, 4) is 10.6 Å². The Labute approximate surface area is 180 Å². The highest BCUT2D eigenvalue weighted by molar-refractivity contribution is 8.00. The molecular weight excluding hydrogens is 424 g/mol. The molecule has 0 spiro atoms. The third kappa shape index (κ3) is 5.53. The number of thioether (sulfide) groups is 1. The lowest BCUT2D eigenvalue weighted by Gasteiger charge is -2.04. The number of hydrogen-bond acceptors (Lipinski definition) is 8. The average molecular weight is 443 g/mol. The zero-order chi connectivity index (χ0) is 20.1. The third-order valence-electron chi connectivity index (χ3n) is 3.99. The quantitative estimate of drug-likeness (QED) is 0.367. The van der Waals surface area contributed by atoms with Crippen LogP contribution >= 0.6 is 34.4 Å². The van der Waals surface area contributed by atoms with Crippen molar-refractivity contribution in [3.05, 3.63) is 64.4 Å². The average Bonchev–Trinajstić information content (AvgIpc) is 3.47. The molecule has 9 heteroatoms. The molecule has 1 N–H and O–H groups in total. The maximum Gasteiger partial charge on any atom is 0.227 e. The van der Waals surface area contributed by atoms with Crippen molar-refractivity contribution in [2.45, 2.75) is 29.9 Å². The van der Waals surface area contributed by atoms with E-state index in [-0.39, 0.29) is 5.91 Å². The van der Waals surface area contributed by atoms with Gasteiger partial charge in [-0.3, -0.25) is 4.79 Å². The summed E-state index contributed by atoms with van der Waals surface area (Å²) in [5, 5.41) is 11.0. The van der Waals surface area contributed by atoms with Crippen LogP contribution in [-0.4, -0.2) is 21.0 Å². The Hall–Kier alpha value is -2.49. The Morgan fingerprint density at radius 2 is 2.03 bits per heavy atom. The van der Waals surface area contributed by atoms with Crippen LogP contribution in [0.25, 0.3) is 10.6 Å². The van der Waals surface area contributed by atoms with Crippen molar-refractivity contribution >= 4 is 46.0 Å². The summed E-state index contributed by atoms with van der Waals surface area (Å²) in [5.74, 6) is 1.58. The molecule has 0 aliphatic heterocycles. The largest absolute Gasteiger partial charge is 0.339 e. The van der Waals surface area contributed by atoms with E-state index in [1.807, 2.05) is 42.6 Å². The second-order valence-electron chi connectivity index (χ2n) is 6.28. The van der Waals surface area contributed by atoms with Gasteiger partial charge in [0.25, 0.3) is 0 Å². The zero-order valence-electron chi connectivity index (χ0n) is 15.6. The van der Waals surface area contributed by atoms with Crippen molar-refractivity contribution in [2.24, 2.45) is 0 Å². The number of carbonyl (C=O) groups excluding carboxylic acids is 1. The van der Waals surface area contributed by atoms with Crippen LogP contribution in [-0.2, 0) is 17.0 Å². The summed E-state index contributed by atoms with van der Waals surface area (Å²) in [6, 6.07) is 11.8. The molecule has 1 aromatic carbocycles. The number of thiazole rings is 1. The van der Waals surface area contributed by atoms with E-state index < -0.39 is 0 Å². The minimum Gasteiger partial charge on any atom is -0.339 e. The summed E-state index contributed by atoms with van der Waals surface area (Å²) in [5.41, 5.74) is 2.94. The second-order valence-corrected chi connectivity index (χ2v) is 9.31. The van der Waals surface area contributed by atoms with E-state index in [1.54, 1.807) is 34.4 Å². The van der Waals surface area contributed by atoms with Crippen LogP contribution in [0.1, 0.15) is 23.7 Å². The van der Waals surface area contributed by atoms with E-state index in [1.165, 1.54) is 4.88 Å². The van der Waals surface area contributed by atoms with Gasteiger partial charge in [-0.1, -0.05) is 40.7 Å². The molecular formula is C20H18N4O2S3. The fraction of sp³-hybridized carbons (Fsp3) is 0.200. The monoisotopic (exact) mass is 442 g/mol. The molecule has 4 rings (SSSR count). The van der Waals surface area contributed by atoms with Crippen molar-refractivity contribution in [2.75, 3.05) is 5.32 Å². The number of anilines is 1. The van der Waals surface area contributed by atoms with Crippen LogP contribution in [0.2, 0.25) is 0 Å². The molecule has 6 nitrogen and oxygen atoms in total. The number of aryl methyl sites for hydroxylation is 2. The minimum atomic E-state index is -0.0770. The lowest BCUT2D eigenvalue weighted by Crippen LogP contribution is -2.12. The van der Waals surface area contributed by atoms with Crippen LogP contribution in [0.15, 0.2) is 56.0 Å². The molecule has 0 saturated heterocycles. The number of aromatic nitrogens is 3. The first-order chi connectivity index (χ1) is 14.2. The summed E-state index contributed by atoms with van der Waals surface area (Å²) >= 11 is 4.87. The van der Waals surface area contributed by atoms with E-state index in [0.717, 1.165) is 21.3 Å². The number of carbonyl (C=O) groups is 1. The van der Waals surface area contributed by atoms with Crippen LogP contribution < -0.4 is 5.32 Å². The zero-order valence-corrected chi connectivity index (χ0v) is 18.1. The fourth-order valence-electron chi connectivity index (χ4n) is 2.52. The van der Waals surface area contributed by atoms with Crippen molar-refractivity contribution in [3.63, 3.8) is 0 Å². The highest BCUT2D eigenvalue weighted by atomic mass is 32.2. The molecule has 0 saturated carbocycles. The number of hydrogen-bond donors (Lipinski definition) is 1. The molecule has 0 aliphatic rings. The van der Waals surface area contributed by atoms with Crippen LogP contribution in [0.4, 0.5) is 5.69 Å². The molecule has 0 fully saturated rings. The van der Waals surface area contributed by atoms with Gasteiger partial charge in [0.05, 0.1) is 16.3 Å². The summed E-state index contributed by atoms with van der Waals surface area (Å²) in [6.45, 7) is 2.01. The predicted molar refractivity (Wildman–Crippen MR) is 117 cm³/mol. The molecule has 0 bridgehead atoms. The maximum atomic E-state index is 12.1. The minimum absolute atomic E-state index is 0.0770. The fourth-order valence-corrected chi connectivity index (χ4v) is 4.95. The Morgan fingerprint density at radius 3 is 2.83 bits per heavy atom. The van der Waals surface area contributed by atoms with E-state index in [9.17, 15) is 4.79 Å². The van der Waals surface area contributed by atoms with Gasteiger partial charge in [0.1, 0.15) is 0 Å². The number of rotatable bonds is 8. The van der Waals surface area contributed by atoms with E-state index in [4.69, 9.17) is 4.52 Å². The number of nitrogens with zero attached hydrogens (tertiary/aromatic N) is 3. The first-order valence-electron chi connectivity index (χ1n) is 8.96. The molecule has 4 aromatic rings. The van der Waals surface area contributed by atoms with Crippen LogP contribution in [0.3, 0.4) is 0 Å². The van der Waals surface area contributed by atoms with Crippen molar-refractivity contribution < 1.29 is 9.32 Å². The van der Waals surface area contributed by atoms with Gasteiger partial charge in [0, 0.05) is 23.9 Å². The van der Waals surface area contributed by atoms with Gasteiger partial charge in [0.15, 0.2) is 10.2 Å². The normalized spacial score (nSPS) is 10.9. The van der Waals surface area contributed by atoms with E-state index in [2.05, 4.69) is 31.9 Å². The lowest BCUT2D eigenvalue weighted by molar-refractivity contribution is -0.116. The van der Waals surface area contributed by atoms with Gasteiger partial charge < -0.3 is 9.84 Å². The molecule has 0 unspecified atom stereocenters. The number of amides is 1. The number of nitrogens with one attached hydrogen (secondary N) is 1. The van der Waals surface area contributed by atoms with E-state index in [0.29, 0.717) is 30.3 Å². The SMILES string of the molecule is Cc1ccc(NC(=O)CCc2nc(CSc3nc(-c4cccs4)cs3)no2)cc1. The van der Waals surface area contributed by atoms with Gasteiger partial charge >= 0.3 is 0 Å². The molecule has 148 valence electrons. The highest BCUT2D eigenvalue weighted by Crippen LogP contribution is 2.31. The van der Waals surface area contributed by atoms with Crippen LogP contribution in [0, 0.1) is 6.92 Å². The first-order valence-corrected chi connectivity index (χ1v) is 11.7. The van der Waals surface area contributed by atoms with Gasteiger partial charge in [0.2, 0.25) is 11.8 Å². The van der Waals surface area contributed by atoms with Gasteiger partial charge in [-0.15, -0.1) is 22.7 Å². The molecule has 0 radical (unpaired) electrons. The van der Waals surface area contributed by atoms with Crippen molar-refractivity contribution in [1.82, 2.24) is 15.1 Å². The number of benzene rings is 1. The van der Waals surface area contributed by atoms with E-state index >= 15 is 0 Å². The Morgan fingerprint density at radius 1 is 1.17 bits per heavy atom. The summed E-state index contributed by atoms with van der Waals surface area (Å²) in [6.07, 6.45) is 0.703. The smallest absolute Gasteiger partial charge is 0.227 e. The second kappa shape index (κ2) is 9.34. The molecule has 3 aromatic heterocycles. The summed E-state index contributed by atoms with van der Waals surface area (Å²) in [4.78, 5) is 22.2. The third-order valence-corrected chi connectivity index (χ3v) is 6.90.